The minimum Gasteiger partial charge on any atom is -0.508 e. The van der Waals surface area contributed by atoms with Gasteiger partial charge in [-0.2, -0.15) is 0 Å². The summed E-state index contributed by atoms with van der Waals surface area (Å²) in [6.45, 7) is 4.83. The Morgan fingerprint density at radius 1 is 1.32 bits per heavy atom. The van der Waals surface area contributed by atoms with Crippen LogP contribution in [0, 0.1) is 5.92 Å². The molecule has 0 spiro atoms. The molecule has 4 rings (SSSR count). The van der Waals surface area contributed by atoms with Crippen LogP contribution >= 0.6 is 0 Å². The molecule has 2 N–H and O–H groups in total. The average molecular weight is 382 g/mol. The molecule has 6 nitrogen and oxygen atoms in total. The third-order valence-electron chi connectivity index (χ3n) is 6.39. The number of aliphatic imine (C=N–C) groups is 1. The van der Waals surface area contributed by atoms with Crippen molar-refractivity contribution in [2.45, 2.75) is 51.6 Å². The van der Waals surface area contributed by atoms with Gasteiger partial charge in [0.2, 0.25) is 0 Å². The van der Waals surface area contributed by atoms with E-state index in [9.17, 15) is 5.11 Å². The van der Waals surface area contributed by atoms with Crippen molar-refractivity contribution in [3.05, 3.63) is 47.5 Å². The summed E-state index contributed by atoms with van der Waals surface area (Å²) in [7, 11) is 1.84. The Hall–Kier alpha value is -2.50. The number of rotatable bonds is 3. The second kappa shape index (κ2) is 8.25. The number of aromatic hydroxyl groups is 1. The average Bonchev–Trinajstić information content (AvgIpc) is 3.25. The lowest BCUT2D eigenvalue weighted by Gasteiger charge is -2.39. The van der Waals surface area contributed by atoms with E-state index >= 15 is 0 Å². The van der Waals surface area contributed by atoms with Crippen molar-refractivity contribution in [3.63, 3.8) is 0 Å². The van der Waals surface area contributed by atoms with Crippen molar-refractivity contribution in [3.8, 4) is 5.75 Å². The first-order valence-corrected chi connectivity index (χ1v) is 10.4. The molecule has 1 saturated heterocycles. The Labute approximate surface area is 167 Å². The van der Waals surface area contributed by atoms with E-state index in [1.807, 2.05) is 25.6 Å². The topological polar surface area (TPSA) is 65.7 Å². The molecule has 1 aromatic heterocycles. The Kier molecular flexibility index (Phi) is 5.55. The maximum absolute atomic E-state index is 10.5. The summed E-state index contributed by atoms with van der Waals surface area (Å²) < 4.78 is 2.21. The second-order valence-corrected chi connectivity index (χ2v) is 8.10. The van der Waals surface area contributed by atoms with E-state index in [4.69, 9.17) is 0 Å². The number of aromatic nitrogens is 2. The Bertz CT molecular complexity index is 830. The first kappa shape index (κ1) is 18.8. The molecule has 1 fully saturated rings. The van der Waals surface area contributed by atoms with E-state index in [1.165, 1.54) is 24.0 Å². The SMILES string of the molecule is CN=C(NCc1c(O)ccc2c1CCCC2)N1CCC(C)C(n2ccnc2)C1. The number of guanidine groups is 1. The van der Waals surface area contributed by atoms with Crippen LogP contribution in [0.1, 0.15) is 48.9 Å². The van der Waals surface area contributed by atoms with Crippen LogP contribution in [0.5, 0.6) is 5.75 Å². The molecular weight excluding hydrogens is 350 g/mol. The number of aryl methyl sites for hydroxylation is 1. The summed E-state index contributed by atoms with van der Waals surface area (Å²) in [4.78, 5) is 11.1. The zero-order valence-electron chi connectivity index (χ0n) is 16.9. The van der Waals surface area contributed by atoms with E-state index in [0.717, 1.165) is 43.9 Å². The Morgan fingerprint density at radius 3 is 2.96 bits per heavy atom. The molecule has 0 amide bonds. The number of nitrogens with one attached hydrogen (secondary N) is 1. The van der Waals surface area contributed by atoms with Gasteiger partial charge in [0.1, 0.15) is 5.75 Å². The van der Waals surface area contributed by atoms with E-state index < -0.39 is 0 Å². The number of hydrogen-bond donors (Lipinski definition) is 2. The van der Waals surface area contributed by atoms with Crippen LogP contribution in [0.3, 0.4) is 0 Å². The normalized spacial score (nSPS) is 22.8. The predicted molar refractivity (Wildman–Crippen MR) is 112 cm³/mol. The molecule has 0 saturated carbocycles. The van der Waals surface area contributed by atoms with Gasteiger partial charge in [0.15, 0.2) is 5.96 Å². The largest absolute Gasteiger partial charge is 0.508 e. The van der Waals surface area contributed by atoms with Gasteiger partial charge in [0.25, 0.3) is 0 Å². The van der Waals surface area contributed by atoms with Crippen LogP contribution in [0.25, 0.3) is 0 Å². The number of fused-ring (bicyclic) bond motifs is 1. The lowest BCUT2D eigenvalue weighted by Crippen LogP contribution is -2.48. The number of piperidine rings is 1. The number of nitrogens with zero attached hydrogens (tertiary/aromatic N) is 4. The number of imidazole rings is 1. The molecule has 2 atom stereocenters. The highest BCUT2D eigenvalue weighted by Gasteiger charge is 2.29. The van der Waals surface area contributed by atoms with Gasteiger partial charge in [0.05, 0.1) is 12.4 Å². The third-order valence-corrected chi connectivity index (χ3v) is 6.39. The van der Waals surface area contributed by atoms with Gasteiger partial charge >= 0.3 is 0 Å². The minimum atomic E-state index is 0.396. The summed E-state index contributed by atoms with van der Waals surface area (Å²) >= 11 is 0. The van der Waals surface area contributed by atoms with E-state index in [0.29, 0.717) is 24.3 Å². The number of likely N-dealkylation sites (tertiary alicyclic amines) is 1. The molecule has 0 radical (unpaired) electrons. The van der Waals surface area contributed by atoms with Crippen molar-refractivity contribution < 1.29 is 5.11 Å². The Morgan fingerprint density at radius 2 is 2.18 bits per heavy atom. The van der Waals surface area contributed by atoms with Crippen LogP contribution < -0.4 is 5.32 Å². The zero-order chi connectivity index (χ0) is 19.5. The fourth-order valence-corrected chi connectivity index (χ4v) is 4.68. The van der Waals surface area contributed by atoms with Crippen molar-refractivity contribution in [1.82, 2.24) is 19.8 Å². The second-order valence-electron chi connectivity index (χ2n) is 8.10. The van der Waals surface area contributed by atoms with E-state index in [2.05, 4.69) is 43.9 Å². The fourth-order valence-electron chi connectivity index (χ4n) is 4.68. The first-order chi connectivity index (χ1) is 13.7. The van der Waals surface area contributed by atoms with E-state index in [1.54, 1.807) is 0 Å². The molecular formula is C22H31N5O. The predicted octanol–water partition coefficient (Wildman–Crippen LogP) is 3.13. The molecule has 6 heteroatoms. The van der Waals surface area contributed by atoms with Gasteiger partial charge < -0.3 is 19.9 Å². The zero-order valence-corrected chi connectivity index (χ0v) is 16.9. The smallest absolute Gasteiger partial charge is 0.193 e. The van der Waals surface area contributed by atoms with E-state index in [-0.39, 0.29) is 0 Å². The number of phenolic OH excluding ortho intramolecular Hbond substituents is 1. The Balaban J connectivity index is 1.47. The molecule has 2 aromatic rings. The van der Waals surface area contributed by atoms with Crippen molar-refractivity contribution >= 4 is 5.96 Å². The van der Waals surface area contributed by atoms with Crippen molar-refractivity contribution in [2.24, 2.45) is 10.9 Å². The molecule has 1 aliphatic carbocycles. The molecule has 28 heavy (non-hydrogen) atoms. The standard InChI is InChI=1S/C22H31N5O/c1-16-9-11-26(14-20(16)27-12-10-24-15-27)22(23-2)25-13-19-18-6-4-3-5-17(18)7-8-21(19)28/h7-8,10,12,15-16,20,28H,3-6,9,11,13-14H2,1-2H3,(H,23,25). The molecule has 2 aliphatic rings. The molecule has 1 aromatic carbocycles. The van der Waals surface area contributed by atoms with Gasteiger partial charge in [-0.15, -0.1) is 0 Å². The van der Waals surface area contributed by atoms with Gasteiger partial charge in [0, 0.05) is 44.6 Å². The highest BCUT2D eigenvalue weighted by molar-refractivity contribution is 5.80. The first-order valence-electron chi connectivity index (χ1n) is 10.4. The number of phenols is 1. The minimum absolute atomic E-state index is 0.396. The van der Waals surface area contributed by atoms with Crippen LogP contribution in [0.4, 0.5) is 0 Å². The maximum Gasteiger partial charge on any atom is 0.193 e. The molecule has 1 aliphatic heterocycles. The summed E-state index contributed by atoms with van der Waals surface area (Å²) in [6.07, 6.45) is 11.6. The number of benzene rings is 1. The maximum atomic E-state index is 10.5. The molecule has 0 bridgehead atoms. The molecule has 150 valence electrons. The van der Waals surface area contributed by atoms with Gasteiger partial charge in [-0.25, -0.2) is 4.98 Å². The summed E-state index contributed by atoms with van der Waals surface area (Å²) in [5.74, 6) is 1.91. The summed E-state index contributed by atoms with van der Waals surface area (Å²) in [5.41, 5.74) is 3.76. The third kappa shape index (κ3) is 3.73. The van der Waals surface area contributed by atoms with Gasteiger partial charge in [-0.05, 0) is 55.2 Å². The molecule has 2 heterocycles. The van der Waals surface area contributed by atoms with Crippen LogP contribution in [0.15, 0.2) is 35.8 Å². The van der Waals surface area contributed by atoms with Crippen molar-refractivity contribution in [1.29, 1.82) is 0 Å². The lowest BCUT2D eigenvalue weighted by molar-refractivity contribution is 0.189. The highest BCUT2D eigenvalue weighted by Crippen LogP contribution is 2.31. The summed E-state index contributed by atoms with van der Waals surface area (Å²) in [6, 6.07) is 4.33. The van der Waals surface area contributed by atoms with Crippen LogP contribution in [0.2, 0.25) is 0 Å². The van der Waals surface area contributed by atoms with Gasteiger partial charge in [-0.1, -0.05) is 13.0 Å². The van der Waals surface area contributed by atoms with Crippen molar-refractivity contribution in [2.75, 3.05) is 20.1 Å². The lowest BCUT2D eigenvalue weighted by atomic mass is 9.87. The fraction of sp³-hybridized carbons (Fsp3) is 0.545. The van der Waals surface area contributed by atoms with Gasteiger partial charge in [-0.3, -0.25) is 4.99 Å². The number of hydrogen-bond acceptors (Lipinski definition) is 3. The van der Waals surface area contributed by atoms with Crippen LogP contribution in [-0.2, 0) is 19.4 Å². The molecule has 2 unspecified atom stereocenters. The monoisotopic (exact) mass is 381 g/mol. The highest BCUT2D eigenvalue weighted by atomic mass is 16.3. The summed E-state index contributed by atoms with van der Waals surface area (Å²) in [5, 5.41) is 14.0. The van der Waals surface area contributed by atoms with Crippen LogP contribution in [-0.4, -0.2) is 45.7 Å². The quantitative estimate of drug-likeness (QED) is 0.633.